The Kier molecular flexibility index (Phi) is 5.37. The van der Waals surface area contributed by atoms with Gasteiger partial charge in [-0.05, 0) is 26.0 Å². The van der Waals surface area contributed by atoms with Gasteiger partial charge in [0.1, 0.15) is 5.69 Å². The number of nitrogens with one attached hydrogen (secondary N) is 1. The first-order chi connectivity index (χ1) is 8.00. The van der Waals surface area contributed by atoms with Gasteiger partial charge in [0.05, 0.1) is 17.6 Å². The molecule has 0 aromatic heterocycles. The van der Waals surface area contributed by atoms with E-state index >= 15 is 0 Å². The molecule has 0 unspecified atom stereocenters. The van der Waals surface area contributed by atoms with Crippen molar-refractivity contribution in [3.05, 3.63) is 32.8 Å². The van der Waals surface area contributed by atoms with Crippen LogP contribution in [0.4, 0.5) is 11.4 Å². The Balaban J connectivity index is 2.62. The lowest BCUT2D eigenvalue weighted by Gasteiger charge is -2.10. The summed E-state index contributed by atoms with van der Waals surface area (Å²) < 4.78 is 6.15. The average Bonchev–Trinajstić information content (AvgIpc) is 2.23. The number of nitrogens with zero attached hydrogens (tertiary/aromatic N) is 1. The van der Waals surface area contributed by atoms with E-state index in [0.717, 1.165) is 4.47 Å². The first kappa shape index (κ1) is 13.9. The van der Waals surface area contributed by atoms with E-state index in [-0.39, 0.29) is 11.8 Å². The van der Waals surface area contributed by atoms with Gasteiger partial charge in [-0.15, -0.1) is 0 Å². The highest BCUT2D eigenvalue weighted by Gasteiger charge is 2.12. The number of ether oxygens (including phenoxy) is 1. The summed E-state index contributed by atoms with van der Waals surface area (Å²) in [6.45, 7) is 4.94. The summed E-state index contributed by atoms with van der Waals surface area (Å²) >= 11 is 3.28. The highest BCUT2D eigenvalue weighted by Crippen LogP contribution is 2.27. The van der Waals surface area contributed by atoms with Gasteiger partial charge >= 0.3 is 0 Å². The van der Waals surface area contributed by atoms with Crippen LogP contribution >= 0.6 is 15.9 Å². The molecular formula is C11H15BrN2O3. The fraction of sp³-hybridized carbons (Fsp3) is 0.455. The van der Waals surface area contributed by atoms with E-state index in [4.69, 9.17) is 4.74 Å². The Bertz CT molecular complexity index is 396. The first-order valence-electron chi connectivity index (χ1n) is 5.30. The zero-order valence-electron chi connectivity index (χ0n) is 9.77. The molecule has 0 atom stereocenters. The minimum atomic E-state index is -0.405. The average molecular weight is 303 g/mol. The molecule has 0 amide bonds. The molecule has 1 N–H and O–H groups in total. The second kappa shape index (κ2) is 6.56. The molecule has 0 saturated heterocycles. The molecule has 1 aromatic carbocycles. The largest absolute Gasteiger partial charge is 0.377 e. The normalized spacial score (nSPS) is 10.6. The summed E-state index contributed by atoms with van der Waals surface area (Å²) in [6, 6.07) is 4.80. The summed E-state index contributed by atoms with van der Waals surface area (Å²) in [5.41, 5.74) is 0.564. The van der Waals surface area contributed by atoms with Crippen LogP contribution < -0.4 is 5.32 Å². The van der Waals surface area contributed by atoms with Crippen LogP contribution in [0.25, 0.3) is 0 Å². The van der Waals surface area contributed by atoms with E-state index in [0.29, 0.717) is 18.8 Å². The van der Waals surface area contributed by atoms with E-state index in [1.807, 2.05) is 13.8 Å². The maximum Gasteiger partial charge on any atom is 0.292 e. The molecular weight excluding hydrogens is 288 g/mol. The summed E-state index contributed by atoms with van der Waals surface area (Å²) in [5.74, 6) is 0. The summed E-state index contributed by atoms with van der Waals surface area (Å²) in [5, 5.41) is 13.8. The molecule has 1 rings (SSSR count). The van der Waals surface area contributed by atoms with Gasteiger partial charge in [-0.25, -0.2) is 0 Å². The predicted molar refractivity (Wildman–Crippen MR) is 70.4 cm³/mol. The SMILES string of the molecule is CC(C)OCCNc1cc(Br)ccc1[N+](=O)[O-]. The molecule has 1 aromatic rings. The van der Waals surface area contributed by atoms with E-state index in [2.05, 4.69) is 21.2 Å². The summed E-state index contributed by atoms with van der Waals surface area (Å²) in [4.78, 5) is 10.4. The molecule has 0 radical (unpaired) electrons. The van der Waals surface area contributed by atoms with Gasteiger partial charge in [-0.2, -0.15) is 0 Å². The van der Waals surface area contributed by atoms with Gasteiger partial charge in [0.2, 0.25) is 0 Å². The number of anilines is 1. The molecule has 0 heterocycles. The smallest absolute Gasteiger partial charge is 0.292 e. The van der Waals surface area contributed by atoms with E-state index < -0.39 is 4.92 Å². The third kappa shape index (κ3) is 4.70. The molecule has 0 aliphatic rings. The molecule has 0 spiro atoms. The van der Waals surface area contributed by atoms with Crippen LogP contribution in [0.1, 0.15) is 13.8 Å². The Morgan fingerprint density at radius 2 is 2.24 bits per heavy atom. The third-order valence-electron chi connectivity index (χ3n) is 2.02. The highest BCUT2D eigenvalue weighted by molar-refractivity contribution is 9.10. The molecule has 17 heavy (non-hydrogen) atoms. The fourth-order valence-electron chi connectivity index (χ4n) is 1.29. The van der Waals surface area contributed by atoms with Crippen LogP contribution in [0.5, 0.6) is 0 Å². The van der Waals surface area contributed by atoms with Crippen molar-refractivity contribution < 1.29 is 9.66 Å². The minimum Gasteiger partial charge on any atom is -0.377 e. The Morgan fingerprint density at radius 3 is 2.82 bits per heavy atom. The number of benzene rings is 1. The number of rotatable bonds is 6. The van der Waals surface area contributed by atoms with Crippen molar-refractivity contribution in [1.82, 2.24) is 0 Å². The number of nitro groups is 1. The number of halogens is 1. The standard InChI is InChI=1S/C11H15BrN2O3/c1-8(2)17-6-5-13-10-7-9(12)3-4-11(10)14(15)16/h3-4,7-8,13H,5-6H2,1-2H3. The summed E-state index contributed by atoms with van der Waals surface area (Å²) in [7, 11) is 0. The zero-order valence-corrected chi connectivity index (χ0v) is 11.4. The number of nitro benzene ring substituents is 1. The van der Waals surface area contributed by atoms with E-state index in [1.165, 1.54) is 6.07 Å². The van der Waals surface area contributed by atoms with Crippen LogP contribution in [-0.2, 0) is 4.74 Å². The second-order valence-corrected chi connectivity index (χ2v) is 4.68. The van der Waals surface area contributed by atoms with Gasteiger partial charge in [-0.3, -0.25) is 10.1 Å². The van der Waals surface area contributed by atoms with Crippen molar-refractivity contribution in [3.63, 3.8) is 0 Å². The van der Waals surface area contributed by atoms with Crippen LogP contribution in [0.15, 0.2) is 22.7 Å². The molecule has 0 bridgehead atoms. The van der Waals surface area contributed by atoms with Gasteiger partial charge in [0, 0.05) is 17.1 Å². The van der Waals surface area contributed by atoms with Gasteiger partial charge in [0.15, 0.2) is 0 Å². The lowest BCUT2D eigenvalue weighted by molar-refractivity contribution is -0.384. The van der Waals surface area contributed by atoms with E-state index in [9.17, 15) is 10.1 Å². The van der Waals surface area contributed by atoms with Crippen molar-refractivity contribution in [2.75, 3.05) is 18.5 Å². The Morgan fingerprint density at radius 1 is 1.53 bits per heavy atom. The number of hydrogen-bond donors (Lipinski definition) is 1. The Hall–Kier alpha value is -1.14. The Labute approximate surface area is 108 Å². The molecule has 0 saturated carbocycles. The van der Waals surface area contributed by atoms with Crippen LogP contribution in [0.3, 0.4) is 0 Å². The number of hydrogen-bond acceptors (Lipinski definition) is 4. The predicted octanol–water partition coefficient (Wildman–Crippen LogP) is 3.19. The van der Waals surface area contributed by atoms with Crippen molar-refractivity contribution in [3.8, 4) is 0 Å². The topological polar surface area (TPSA) is 64.4 Å². The van der Waals surface area contributed by atoms with Gasteiger partial charge < -0.3 is 10.1 Å². The maximum atomic E-state index is 10.8. The van der Waals surface area contributed by atoms with Crippen molar-refractivity contribution in [1.29, 1.82) is 0 Å². The minimum absolute atomic E-state index is 0.0674. The molecule has 0 fully saturated rings. The van der Waals surface area contributed by atoms with Crippen LogP contribution in [0.2, 0.25) is 0 Å². The van der Waals surface area contributed by atoms with Gasteiger partial charge in [0.25, 0.3) is 5.69 Å². The monoisotopic (exact) mass is 302 g/mol. The van der Waals surface area contributed by atoms with E-state index in [1.54, 1.807) is 12.1 Å². The van der Waals surface area contributed by atoms with Crippen molar-refractivity contribution >= 4 is 27.3 Å². The maximum absolute atomic E-state index is 10.8. The molecule has 0 aliphatic carbocycles. The molecule has 0 aliphatic heterocycles. The first-order valence-corrected chi connectivity index (χ1v) is 6.09. The third-order valence-corrected chi connectivity index (χ3v) is 2.52. The van der Waals surface area contributed by atoms with Crippen molar-refractivity contribution in [2.45, 2.75) is 20.0 Å². The van der Waals surface area contributed by atoms with Crippen LogP contribution in [0, 0.1) is 10.1 Å². The second-order valence-electron chi connectivity index (χ2n) is 3.76. The lowest BCUT2D eigenvalue weighted by Crippen LogP contribution is -2.13. The van der Waals surface area contributed by atoms with Gasteiger partial charge in [-0.1, -0.05) is 15.9 Å². The quantitative estimate of drug-likeness (QED) is 0.498. The fourth-order valence-corrected chi connectivity index (χ4v) is 1.65. The van der Waals surface area contributed by atoms with Crippen LogP contribution in [-0.4, -0.2) is 24.2 Å². The highest BCUT2D eigenvalue weighted by atomic mass is 79.9. The molecule has 6 heteroatoms. The molecule has 5 nitrogen and oxygen atoms in total. The van der Waals surface area contributed by atoms with Crippen molar-refractivity contribution in [2.24, 2.45) is 0 Å². The zero-order chi connectivity index (χ0) is 12.8. The molecule has 94 valence electrons. The summed E-state index contributed by atoms with van der Waals surface area (Å²) in [6.07, 6.45) is 0.161. The lowest BCUT2D eigenvalue weighted by atomic mass is 10.2.